The van der Waals surface area contributed by atoms with Gasteiger partial charge in [0.15, 0.2) is 0 Å². The summed E-state index contributed by atoms with van der Waals surface area (Å²) in [6.07, 6.45) is 21.0. The molecule has 0 saturated carbocycles. The van der Waals surface area contributed by atoms with Crippen molar-refractivity contribution in [3.05, 3.63) is 88.8 Å². The van der Waals surface area contributed by atoms with Gasteiger partial charge in [-0.1, -0.05) is 66.3 Å². The van der Waals surface area contributed by atoms with E-state index in [9.17, 15) is 0 Å². The lowest BCUT2D eigenvalue weighted by Crippen LogP contribution is -2.28. The summed E-state index contributed by atoms with van der Waals surface area (Å²) in [5.74, 6) is 1.28. The first kappa shape index (κ1) is 27.2. The highest BCUT2D eigenvalue weighted by molar-refractivity contribution is 6.30. The third-order valence-electron chi connectivity index (χ3n) is 6.36. The number of halogens is 1. The molecule has 0 radical (unpaired) electrons. The Bertz CT molecular complexity index is 856. The molecular weight excluding hydrogens is 424 g/mol. The van der Waals surface area contributed by atoms with Gasteiger partial charge in [0.25, 0.3) is 0 Å². The maximum atomic E-state index is 6.44. The van der Waals surface area contributed by atoms with Crippen molar-refractivity contribution in [1.29, 1.82) is 0 Å². The van der Waals surface area contributed by atoms with Crippen LogP contribution in [0.4, 0.5) is 0 Å². The summed E-state index contributed by atoms with van der Waals surface area (Å²) in [5, 5.41) is 4.31. The number of allylic oxidation sites excluding steroid dienone is 6. The maximum absolute atomic E-state index is 6.44. The summed E-state index contributed by atoms with van der Waals surface area (Å²) in [6.45, 7) is 15.7. The molecule has 2 rings (SSSR count). The lowest BCUT2D eigenvalue weighted by molar-refractivity contribution is 0.329. The zero-order valence-corrected chi connectivity index (χ0v) is 21.9. The van der Waals surface area contributed by atoms with Crippen LogP contribution in [-0.2, 0) is 0 Å². The molecule has 0 aromatic heterocycles. The second-order valence-electron chi connectivity index (χ2n) is 9.24. The van der Waals surface area contributed by atoms with Crippen LogP contribution >= 0.6 is 11.6 Å². The molecule has 1 fully saturated rings. The normalized spacial score (nSPS) is 16.8. The van der Waals surface area contributed by atoms with Gasteiger partial charge >= 0.3 is 0 Å². The zero-order chi connectivity index (χ0) is 24.1. The lowest BCUT2D eigenvalue weighted by atomic mass is 9.79. The smallest absolute Gasteiger partial charge is 0.0412 e. The number of hydrogen-bond donors (Lipinski definition) is 1. The van der Waals surface area contributed by atoms with Crippen molar-refractivity contribution in [2.24, 2.45) is 5.92 Å². The predicted molar refractivity (Wildman–Crippen MR) is 148 cm³/mol. The monoisotopic (exact) mass is 466 g/mol. The highest BCUT2D eigenvalue weighted by Crippen LogP contribution is 2.36. The van der Waals surface area contributed by atoms with Crippen LogP contribution in [-0.4, -0.2) is 24.5 Å². The first-order chi connectivity index (χ1) is 15.9. The van der Waals surface area contributed by atoms with Crippen LogP contribution < -0.4 is 5.32 Å². The Hall–Kier alpha value is -2.03. The molecule has 1 unspecified atom stereocenters. The van der Waals surface area contributed by atoms with Gasteiger partial charge in [0.05, 0.1) is 0 Å². The number of rotatable bonds is 12. The average Bonchev–Trinajstić information content (AvgIpc) is 2.80. The summed E-state index contributed by atoms with van der Waals surface area (Å²) in [7, 11) is 0. The second-order valence-corrected chi connectivity index (χ2v) is 9.68. The standard InChI is InChI=1S/C30H43ClN2/c1-6-8-11-25(5)21-28(22-26-15-17-32-18-16-26)30-14-13-29(31)23-27(30)12-9-10-20-33(19-7-2)24(3)4/h6-9,11-14,19,23,26,28,32H,3,10,15-18,20-22H2,1-2,4-5H3/b8-6-,12-9+,19-7-,25-11-. The largest absolute Gasteiger partial charge is 0.352 e. The van der Waals surface area contributed by atoms with E-state index in [-0.39, 0.29) is 0 Å². The van der Waals surface area contributed by atoms with Crippen molar-refractivity contribution in [2.45, 2.75) is 65.7 Å². The van der Waals surface area contributed by atoms with E-state index in [0.717, 1.165) is 49.1 Å². The van der Waals surface area contributed by atoms with Crippen molar-refractivity contribution < 1.29 is 0 Å². The number of nitrogens with one attached hydrogen (secondary N) is 1. The van der Waals surface area contributed by atoms with Gasteiger partial charge in [-0.15, -0.1) is 0 Å². The van der Waals surface area contributed by atoms with Gasteiger partial charge in [-0.2, -0.15) is 0 Å². The number of benzene rings is 1. The topological polar surface area (TPSA) is 15.3 Å². The zero-order valence-electron chi connectivity index (χ0n) is 21.1. The first-order valence-electron chi connectivity index (χ1n) is 12.4. The van der Waals surface area contributed by atoms with E-state index in [1.807, 2.05) is 13.8 Å². The summed E-state index contributed by atoms with van der Waals surface area (Å²) >= 11 is 6.44. The van der Waals surface area contributed by atoms with Gasteiger partial charge in [-0.3, -0.25) is 0 Å². The van der Waals surface area contributed by atoms with Gasteiger partial charge < -0.3 is 10.2 Å². The van der Waals surface area contributed by atoms with Crippen LogP contribution in [0.1, 0.15) is 76.8 Å². The number of piperidine rings is 1. The van der Waals surface area contributed by atoms with Crippen LogP contribution in [0.15, 0.2) is 72.6 Å². The molecule has 1 aromatic carbocycles. The van der Waals surface area contributed by atoms with Crippen LogP contribution in [0.3, 0.4) is 0 Å². The minimum absolute atomic E-state index is 0.501. The number of hydrogen-bond acceptors (Lipinski definition) is 2. The minimum Gasteiger partial charge on any atom is -0.352 e. The van der Waals surface area contributed by atoms with Gasteiger partial charge in [-0.05, 0) is 114 Å². The Morgan fingerprint density at radius 1 is 1.21 bits per heavy atom. The minimum atomic E-state index is 0.501. The molecule has 1 aromatic rings. The van der Waals surface area contributed by atoms with E-state index in [2.05, 4.69) is 91.5 Å². The molecule has 33 heavy (non-hydrogen) atoms. The fourth-order valence-electron chi connectivity index (χ4n) is 4.62. The number of nitrogens with zero attached hydrogens (tertiary/aromatic N) is 1. The Labute approximate surface area is 207 Å². The van der Waals surface area contributed by atoms with Crippen LogP contribution in [0, 0.1) is 5.92 Å². The predicted octanol–water partition coefficient (Wildman–Crippen LogP) is 8.50. The van der Waals surface area contributed by atoms with Gasteiger partial charge in [0.1, 0.15) is 0 Å². The van der Waals surface area contributed by atoms with Crippen LogP contribution in [0.5, 0.6) is 0 Å². The molecule has 1 N–H and O–H groups in total. The Kier molecular flexibility index (Phi) is 12.4. The summed E-state index contributed by atoms with van der Waals surface area (Å²) in [6, 6.07) is 6.45. The molecule has 1 aliphatic heterocycles. The fourth-order valence-corrected chi connectivity index (χ4v) is 4.80. The van der Waals surface area contributed by atoms with E-state index in [0.29, 0.717) is 5.92 Å². The van der Waals surface area contributed by atoms with Crippen molar-refractivity contribution in [3.63, 3.8) is 0 Å². The lowest BCUT2D eigenvalue weighted by Gasteiger charge is -2.28. The van der Waals surface area contributed by atoms with E-state index >= 15 is 0 Å². The highest BCUT2D eigenvalue weighted by Gasteiger charge is 2.22. The Morgan fingerprint density at radius 3 is 2.64 bits per heavy atom. The Balaban J connectivity index is 2.25. The average molecular weight is 467 g/mol. The SMILES string of the molecule is C=C(C)N(/C=C\C)CC/C=C/c1cc(Cl)ccc1C(C/C(C)=C\C=C/C)CC1CCNCC1. The maximum Gasteiger partial charge on any atom is 0.0412 e. The van der Waals surface area contributed by atoms with E-state index in [1.165, 1.54) is 36.0 Å². The van der Waals surface area contributed by atoms with Gasteiger partial charge in [0.2, 0.25) is 0 Å². The molecule has 2 nitrogen and oxygen atoms in total. The summed E-state index contributed by atoms with van der Waals surface area (Å²) in [5.41, 5.74) is 5.18. The molecule has 1 saturated heterocycles. The molecule has 1 heterocycles. The summed E-state index contributed by atoms with van der Waals surface area (Å²) < 4.78 is 0. The molecule has 1 aliphatic rings. The molecule has 0 bridgehead atoms. The molecule has 0 amide bonds. The fraction of sp³-hybridized carbons (Fsp3) is 0.467. The van der Waals surface area contributed by atoms with Crippen molar-refractivity contribution in [2.75, 3.05) is 19.6 Å². The Morgan fingerprint density at radius 2 is 1.97 bits per heavy atom. The van der Waals surface area contributed by atoms with Crippen LogP contribution in [0.2, 0.25) is 5.02 Å². The molecule has 0 aliphatic carbocycles. The molecule has 0 spiro atoms. The van der Waals surface area contributed by atoms with Crippen molar-refractivity contribution in [1.82, 2.24) is 10.2 Å². The third-order valence-corrected chi connectivity index (χ3v) is 6.60. The molecule has 180 valence electrons. The first-order valence-corrected chi connectivity index (χ1v) is 12.8. The van der Waals surface area contributed by atoms with Gasteiger partial charge in [-0.25, -0.2) is 0 Å². The quantitative estimate of drug-likeness (QED) is 0.310. The van der Waals surface area contributed by atoms with Crippen molar-refractivity contribution >= 4 is 17.7 Å². The molecule has 3 heteroatoms. The molecular formula is C30H43ClN2. The highest BCUT2D eigenvalue weighted by atomic mass is 35.5. The summed E-state index contributed by atoms with van der Waals surface area (Å²) in [4.78, 5) is 2.19. The van der Waals surface area contributed by atoms with Crippen molar-refractivity contribution in [3.8, 4) is 0 Å². The van der Waals surface area contributed by atoms with Crippen LogP contribution in [0.25, 0.3) is 6.08 Å². The second kappa shape index (κ2) is 15.0. The van der Waals surface area contributed by atoms with E-state index < -0.39 is 0 Å². The van der Waals surface area contributed by atoms with E-state index in [4.69, 9.17) is 11.6 Å². The molecule has 1 atom stereocenters. The third kappa shape index (κ3) is 9.78. The van der Waals surface area contributed by atoms with Gasteiger partial charge in [0, 0.05) is 17.3 Å². The van der Waals surface area contributed by atoms with E-state index in [1.54, 1.807) is 0 Å².